The van der Waals surface area contributed by atoms with Gasteiger partial charge in [-0.05, 0) is 54.3 Å². The zero-order valence-electron chi connectivity index (χ0n) is 43.8. The van der Waals surface area contributed by atoms with Crippen LogP contribution in [0.2, 0.25) is 0 Å². The Hall–Kier alpha value is -10.7. The third-order valence-corrected chi connectivity index (χ3v) is 14.2. The number of rotatable bonds is 15. The molecule has 2 fully saturated rings. The van der Waals surface area contributed by atoms with E-state index >= 15 is 0 Å². The quantitative estimate of drug-likeness (QED) is 0.0714. The lowest BCUT2D eigenvalue weighted by Crippen LogP contribution is -2.33. The van der Waals surface area contributed by atoms with Gasteiger partial charge in [-0.1, -0.05) is 24.3 Å². The van der Waals surface area contributed by atoms with Crippen molar-refractivity contribution in [1.82, 2.24) is 53.0 Å². The maximum Gasteiger partial charge on any atom is 0.292 e. The number of aromatic nitrogens is 9. The number of benzene rings is 2. The van der Waals surface area contributed by atoms with Crippen LogP contribution >= 0.6 is 0 Å². The molecule has 7 heterocycles. The van der Waals surface area contributed by atoms with Gasteiger partial charge in [0.2, 0.25) is 29.3 Å². The predicted molar refractivity (Wildman–Crippen MR) is 290 cm³/mol. The lowest BCUT2D eigenvalue weighted by atomic mass is 9.81. The Morgan fingerprint density at radius 1 is 0.613 bits per heavy atom. The predicted octanol–water partition coefficient (Wildman–Crippen LogP) is 4.27. The number of aromatic amines is 1. The van der Waals surface area contributed by atoms with Crippen molar-refractivity contribution in [1.29, 1.82) is 0 Å². The minimum absolute atomic E-state index is 0.00661. The number of fused-ring (bicyclic) bond motifs is 2. The summed E-state index contributed by atoms with van der Waals surface area (Å²) in [5.41, 5.74) is 4.62. The van der Waals surface area contributed by atoms with Gasteiger partial charge in [0.05, 0.1) is 11.4 Å². The highest BCUT2D eigenvalue weighted by atomic mass is 16.2. The van der Waals surface area contributed by atoms with Crippen molar-refractivity contribution in [3.8, 4) is 0 Å². The second-order valence-corrected chi connectivity index (χ2v) is 19.9. The molecular weight excluding hydrogens is 1030 g/mol. The molecule has 3 aliphatic rings. The number of nitrogens with one attached hydrogen (secondary N) is 8. The van der Waals surface area contributed by atoms with Gasteiger partial charge in [0, 0.05) is 132 Å². The molecular formula is C54H51N17O9. The Morgan fingerprint density at radius 2 is 1.18 bits per heavy atom. The minimum atomic E-state index is -0.634. The van der Waals surface area contributed by atoms with Crippen LogP contribution < -0.4 is 37.2 Å². The fourth-order valence-corrected chi connectivity index (χ4v) is 10.5. The Bertz CT molecular complexity index is 4030. The SMILES string of the molecule is CC(=O)Nc1cn(C)c(C(=O)Nc2cn(C)c(C(=O)Nc3cc(C(=O)NCCC(=O)Nc4cn(C)c(C(=O)Nc5cc(C(=O)Nc6ccc7[nH]c(C(=O)N8CC9CC9%10C8=CC(=O)c8ccccc8%10)cc7c6)n(C)c5)n4)n(C)c3)n2)n1. The second-order valence-electron chi connectivity index (χ2n) is 19.9. The summed E-state index contributed by atoms with van der Waals surface area (Å²) in [5, 5.41) is 19.4. The number of piperidine rings is 1. The molecule has 8 aromatic rings. The van der Waals surface area contributed by atoms with Gasteiger partial charge < -0.3 is 69.9 Å². The molecule has 406 valence electrons. The number of anilines is 6. The van der Waals surface area contributed by atoms with Crippen LogP contribution in [-0.4, -0.2) is 114 Å². The number of amides is 8. The number of hydrogen-bond acceptors (Lipinski definition) is 12. The van der Waals surface area contributed by atoms with E-state index in [-0.39, 0.29) is 93.9 Å². The lowest BCUT2D eigenvalue weighted by molar-refractivity contribution is -0.116. The number of carbonyl (C=O) groups is 9. The van der Waals surface area contributed by atoms with Crippen LogP contribution in [0.1, 0.15) is 99.0 Å². The van der Waals surface area contributed by atoms with Gasteiger partial charge in [-0.25, -0.2) is 15.0 Å². The summed E-state index contributed by atoms with van der Waals surface area (Å²) < 4.78 is 7.28. The smallest absolute Gasteiger partial charge is 0.292 e. The van der Waals surface area contributed by atoms with E-state index in [0.29, 0.717) is 40.1 Å². The first-order valence-electron chi connectivity index (χ1n) is 25.1. The van der Waals surface area contributed by atoms with Crippen LogP contribution in [0.15, 0.2) is 103 Å². The number of carbonyl (C=O) groups excluding carboxylic acids is 9. The molecule has 0 radical (unpaired) electrons. The van der Waals surface area contributed by atoms with Gasteiger partial charge in [-0.15, -0.1) is 0 Å². The standard InChI is InChI=1S/C54H51N17O9/c1-27(72)56-41-24-68(4)47(62-41)52(79)65-43-26-70(6)46(64-43)51(78)58-31-17-37(66(2)22-31)48(75)55-14-13-44(74)61-42-25-69(5)45(63-42)50(77)59-32-18-38(67(3)23-32)49(76)57-30-11-12-35-28(15-30)16-36(60-35)53(80)71-21-29-20-54(29)34-10-8-7-9-33(34)39(73)19-40(54)71/h7-12,15-19,22-26,29,60H,13-14,20-21H2,1-6H3,(H,55,75)(H,56,72)(H,57,76)(H,58,78)(H,59,77)(H,61,74)(H,65,79). The van der Waals surface area contributed by atoms with Crippen molar-refractivity contribution < 1.29 is 43.2 Å². The number of hydrogen-bond donors (Lipinski definition) is 8. The maximum atomic E-state index is 14.0. The average Bonchev–Trinajstić information content (AvgIpc) is 1.79. The van der Waals surface area contributed by atoms with Gasteiger partial charge in [0.25, 0.3) is 35.4 Å². The molecule has 2 atom stereocenters. The first kappa shape index (κ1) is 51.4. The first-order valence-corrected chi connectivity index (χ1v) is 25.1. The van der Waals surface area contributed by atoms with Crippen molar-refractivity contribution in [2.24, 2.45) is 41.2 Å². The minimum Gasteiger partial charge on any atom is -0.351 e. The third-order valence-electron chi connectivity index (χ3n) is 14.2. The monoisotopic (exact) mass is 1080 g/mol. The molecule has 26 nitrogen and oxygen atoms in total. The van der Waals surface area contributed by atoms with E-state index in [1.54, 1.807) is 81.2 Å². The molecule has 1 spiro atoms. The van der Waals surface area contributed by atoms with Gasteiger partial charge in [-0.2, -0.15) is 0 Å². The number of imidazole rings is 3. The molecule has 1 saturated carbocycles. The van der Waals surface area contributed by atoms with Crippen LogP contribution in [0, 0.1) is 5.92 Å². The fraction of sp³-hybridized carbons (Fsp3) is 0.222. The third kappa shape index (κ3) is 9.53. The summed E-state index contributed by atoms with van der Waals surface area (Å²) in [7, 11) is 7.96. The molecule has 26 heteroatoms. The molecule has 2 unspecified atom stereocenters. The van der Waals surface area contributed by atoms with Crippen molar-refractivity contribution in [2.45, 2.75) is 25.2 Å². The molecule has 11 rings (SSSR count). The normalized spacial score (nSPS) is 15.8. The highest BCUT2D eigenvalue weighted by molar-refractivity contribution is 6.11. The average molecular weight is 1080 g/mol. The van der Waals surface area contributed by atoms with Crippen molar-refractivity contribution >= 4 is 98.5 Å². The summed E-state index contributed by atoms with van der Waals surface area (Å²) in [6.07, 6.45) is 9.79. The zero-order valence-corrected chi connectivity index (χ0v) is 43.8. The van der Waals surface area contributed by atoms with Crippen molar-refractivity contribution in [3.05, 3.63) is 149 Å². The molecule has 2 aliphatic carbocycles. The molecule has 6 aromatic heterocycles. The first-order chi connectivity index (χ1) is 38.2. The van der Waals surface area contributed by atoms with Gasteiger partial charge in [0.1, 0.15) is 17.1 Å². The van der Waals surface area contributed by atoms with Crippen LogP contribution in [0.5, 0.6) is 0 Å². The van der Waals surface area contributed by atoms with Gasteiger partial charge >= 0.3 is 0 Å². The number of allylic oxidation sites excluding steroid dienone is 2. The second kappa shape index (κ2) is 19.7. The lowest BCUT2D eigenvalue weighted by Gasteiger charge is -2.29. The number of ketones is 1. The summed E-state index contributed by atoms with van der Waals surface area (Å²) in [5.74, 6) is -3.58. The number of likely N-dealkylation sites (tertiary alicyclic amines) is 1. The Morgan fingerprint density at radius 3 is 1.80 bits per heavy atom. The molecule has 80 heavy (non-hydrogen) atoms. The number of aryl methyl sites for hydroxylation is 5. The van der Waals surface area contributed by atoms with E-state index < -0.39 is 35.4 Å². The fourth-order valence-electron chi connectivity index (χ4n) is 10.5. The molecule has 2 aromatic carbocycles. The zero-order chi connectivity index (χ0) is 56.5. The van der Waals surface area contributed by atoms with Crippen LogP contribution in [0.4, 0.5) is 34.5 Å². The number of H-pyrrole nitrogens is 1. The summed E-state index contributed by atoms with van der Waals surface area (Å²) in [6, 6.07) is 17.5. The summed E-state index contributed by atoms with van der Waals surface area (Å²) in [4.78, 5) is 135. The highest BCUT2D eigenvalue weighted by Crippen LogP contribution is 2.66. The van der Waals surface area contributed by atoms with E-state index in [9.17, 15) is 43.2 Å². The highest BCUT2D eigenvalue weighted by Gasteiger charge is 2.67. The molecule has 8 N–H and O–H groups in total. The molecule has 1 aliphatic heterocycles. The largest absolute Gasteiger partial charge is 0.351 e. The molecule has 8 amide bonds. The van der Waals surface area contributed by atoms with Crippen molar-refractivity contribution in [2.75, 3.05) is 45.0 Å². The van der Waals surface area contributed by atoms with Crippen molar-refractivity contribution in [3.63, 3.8) is 0 Å². The molecule has 1 saturated heterocycles. The van der Waals surface area contributed by atoms with Crippen LogP contribution in [-0.2, 0) is 50.2 Å². The van der Waals surface area contributed by atoms with E-state index in [2.05, 4.69) is 57.2 Å². The van der Waals surface area contributed by atoms with Crippen LogP contribution in [0.25, 0.3) is 10.9 Å². The summed E-state index contributed by atoms with van der Waals surface area (Å²) >= 11 is 0. The number of nitrogens with zero attached hydrogens (tertiary/aromatic N) is 9. The van der Waals surface area contributed by atoms with E-state index in [1.165, 1.54) is 62.1 Å². The topological polar surface area (TPSA) is 320 Å². The Balaban J connectivity index is 0.642. The Labute approximate surface area is 453 Å². The summed E-state index contributed by atoms with van der Waals surface area (Å²) in [6.45, 7) is 1.76. The maximum absolute atomic E-state index is 14.0. The molecule has 0 bridgehead atoms. The van der Waals surface area contributed by atoms with Gasteiger partial charge in [0.15, 0.2) is 23.2 Å². The Kier molecular flexibility index (Phi) is 12.7. The van der Waals surface area contributed by atoms with Crippen LogP contribution in [0.3, 0.4) is 0 Å². The van der Waals surface area contributed by atoms with E-state index in [0.717, 1.165) is 17.7 Å². The van der Waals surface area contributed by atoms with E-state index in [4.69, 9.17) is 0 Å². The van der Waals surface area contributed by atoms with Gasteiger partial charge in [-0.3, -0.25) is 43.2 Å². The van der Waals surface area contributed by atoms with E-state index in [1.807, 2.05) is 24.3 Å².